The molecule has 5 rings (SSSR count). The van der Waals surface area contributed by atoms with E-state index in [1.54, 1.807) is 0 Å². The maximum Gasteiger partial charge on any atom is 0.0630 e. The van der Waals surface area contributed by atoms with Gasteiger partial charge in [0.05, 0.1) is 5.69 Å². The molecule has 0 N–H and O–H groups in total. The molecule has 0 saturated heterocycles. The molecule has 0 aliphatic carbocycles. The van der Waals surface area contributed by atoms with Gasteiger partial charge in [-0.05, 0) is 57.4 Å². The highest BCUT2D eigenvalue weighted by molar-refractivity contribution is 7.98. The number of thioether (sulfide) groups is 1. The van der Waals surface area contributed by atoms with Crippen LogP contribution in [0.1, 0.15) is 11.1 Å². The molecular weight excluding hydrogens is 382 g/mol. The lowest BCUT2D eigenvalue weighted by molar-refractivity contribution is 1.37. The highest BCUT2D eigenvalue weighted by atomic mass is 32.2. The minimum atomic E-state index is 0.960. The molecule has 0 spiro atoms. The average molecular weight is 404 g/mol. The van der Waals surface area contributed by atoms with Crippen molar-refractivity contribution in [2.75, 3.05) is 0 Å². The van der Waals surface area contributed by atoms with Crippen molar-refractivity contribution in [2.24, 2.45) is 4.99 Å². The predicted molar refractivity (Wildman–Crippen MR) is 131 cm³/mol. The molecule has 0 aromatic heterocycles. The standard InChI is InChI=1S/C28H21NS/c1-2-10-25(11-3-1)30-20-21-14-16-24(17-15-21)29-19-28-26-12-6-4-8-22(26)18-23-9-5-7-13-27(23)28/h1-19H,20H2. The van der Waals surface area contributed by atoms with Crippen LogP contribution in [0.2, 0.25) is 0 Å². The van der Waals surface area contributed by atoms with E-state index >= 15 is 0 Å². The van der Waals surface area contributed by atoms with E-state index in [9.17, 15) is 0 Å². The molecule has 0 fully saturated rings. The van der Waals surface area contributed by atoms with E-state index in [0.717, 1.165) is 11.4 Å². The zero-order valence-electron chi connectivity index (χ0n) is 16.5. The number of fused-ring (bicyclic) bond motifs is 2. The number of hydrogen-bond acceptors (Lipinski definition) is 2. The fraction of sp³-hybridized carbons (Fsp3) is 0.0357. The van der Waals surface area contributed by atoms with Gasteiger partial charge < -0.3 is 0 Å². The molecule has 2 heteroatoms. The van der Waals surface area contributed by atoms with E-state index in [4.69, 9.17) is 4.99 Å². The minimum absolute atomic E-state index is 0.960. The molecule has 0 heterocycles. The van der Waals surface area contributed by atoms with Gasteiger partial charge in [-0.2, -0.15) is 0 Å². The van der Waals surface area contributed by atoms with E-state index in [1.807, 2.05) is 18.0 Å². The third-order valence-electron chi connectivity index (χ3n) is 5.24. The molecule has 0 aliphatic rings. The first-order valence-electron chi connectivity index (χ1n) is 10.1. The van der Waals surface area contributed by atoms with E-state index < -0.39 is 0 Å². The summed E-state index contributed by atoms with van der Waals surface area (Å²) >= 11 is 1.85. The Morgan fingerprint density at radius 3 is 1.90 bits per heavy atom. The number of nitrogens with zero attached hydrogens (tertiary/aromatic N) is 1. The first kappa shape index (κ1) is 18.7. The Balaban J connectivity index is 1.41. The average Bonchev–Trinajstić information content (AvgIpc) is 2.82. The molecule has 30 heavy (non-hydrogen) atoms. The number of rotatable bonds is 5. The summed E-state index contributed by atoms with van der Waals surface area (Å²) in [6, 6.07) is 38.3. The molecule has 0 amide bonds. The Kier molecular flexibility index (Phi) is 5.32. The Bertz CT molecular complexity index is 1270. The van der Waals surface area contributed by atoms with Crippen LogP contribution in [0.4, 0.5) is 5.69 Å². The fourth-order valence-electron chi connectivity index (χ4n) is 3.69. The fourth-order valence-corrected chi connectivity index (χ4v) is 4.56. The van der Waals surface area contributed by atoms with Crippen LogP contribution < -0.4 is 0 Å². The third-order valence-corrected chi connectivity index (χ3v) is 6.32. The lowest BCUT2D eigenvalue weighted by Crippen LogP contribution is -1.88. The predicted octanol–water partition coefficient (Wildman–Crippen LogP) is 8.04. The molecule has 0 saturated carbocycles. The zero-order chi connectivity index (χ0) is 20.2. The smallest absolute Gasteiger partial charge is 0.0630 e. The molecule has 0 unspecified atom stereocenters. The monoisotopic (exact) mass is 403 g/mol. The molecule has 5 aromatic rings. The van der Waals surface area contributed by atoms with Crippen LogP contribution in [0.3, 0.4) is 0 Å². The van der Waals surface area contributed by atoms with Crippen molar-refractivity contribution in [3.63, 3.8) is 0 Å². The normalized spacial score (nSPS) is 11.5. The molecular formula is C28H21NS. The Hall–Kier alpha value is -3.36. The van der Waals surface area contributed by atoms with Crippen LogP contribution in [-0.4, -0.2) is 6.21 Å². The maximum absolute atomic E-state index is 4.80. The molecule has 1 nitrogen and oxygen atoms in total. The van der Waals surface area contributed by atoms with Gasteiger partial charge in [0.2, 0.25) is 0 Å². The SMILES string of the molecule is C(=Nc1ccc(CSc2ccccc2)cc1)c1c2ccccc2cc2ccccc12. The van der Waals surface area contributed by atoms with E-state index in [1.165, 1.54) is 37.6 Å². The highest BCUT2D eigenvalue weighted by Gasteiger charge is 2.05. The lowest BCUT2D eigenvalue weighted by atomic mass is 9.97. The quantitative estimate of drug-likeness (QED) is 0.164. The number of hydrogen-bond donors (Lipinski definition) is 0. The molecule has 0 bridgehead atoms. The van der Waals surface area contributed by atoms with Crippen molar-refractivity contribution in [1.82, 2.24) is 0 Å². The lowest BCUT2D eigenvalue weighted by Gasteiger charge is -2.08. The molecule has 144 valence electrons. The van der Waals surface area contributed by atoms with Crippen LogP contribution in [0.25, 0.3) is 21.5 Å². The second-order valence-electron chi connectivity index (χ2n) is 7.26. The van der Waals surface area contributed by atoms with Crippen LogP contribution in [0, 0.1) is 0 Å². The van der Waals surface area contributed by atoms with Crippen LogP contribution in [0.5, 0.6) is 0 Å². The van der Waals surface area contributed by atoms with E-state index in [-0.39, 0.29) is 0 Å². The van der Waals surface area contributed by atoms with Gasteiger partial charge in [-0.15, -0.1) is 11.8 Å². The summed E-state index contributed by atoms with van der Waals surface area (Å²) < 4.78 is 0. The van der Waals surface area contributed by atoms with Crippen LogP contribution in [0.15, 0.2) is 119 Å². The van der Waals surface area contributed by atoms with Gasteiger partial charge in [0.15, 0.2) is 0 Å². The van der Waals surface area contributed by atoms with Gasteiger partial charge in [-0.1, -0.05) is 78.9 Å². The Morgan fingerprint density at radius 1 is 0.633 bits per heavy atom. The largest absolute Gasteiger partial charge is 0.256 e. The Labute approximate surface area is 181 Å². The van der Waals surface area contributed by atoms with Gasteiger partial charge in [-0.25, -0.2) is 0 Å². The highest BCUT2D eigenvalue weighted by Crippen LogP contribution is 2.28. The van der Waals surface area contributed by atoms with Gasteiger partial charge in [0.1, 0.15) is 0 Å². The molecule has 0 aliphatic heterocycles. The van der Waals surface area contributed by atoms with Crippen LogP contribution in [-0.2, 0) is 5.75 Å². The Morgan fingerprint density at radius 2 is 1.23 bits per heavy atom. The van der Waals surface area contributed by atoms with Crippen molar-refractivity contribution in [1.29, 1.82) is 0 Å². The van der Waals surface area contributed by atoms with Crippen molar-refractivity contribution >= 4 is 45.2 Å². The summed E-state index contributed by atoms with van der Waals surface area (Å²) in [6.45, 7) is 0. The minimum Gasteiger partial charge on any atom is -0.256 e. The van der Waals surface area contributed by atoms with Crippen LogP contribution >= 0.6 is 11.8 Å². The second kappa shape index (κ2) is 8.56. The van der Waals surface area contributed by atoms with E-state index in [0.29, 0.717) is 0 Å². The zero-order valence-corrected chi connectivity index (χ0v) is 17.3. The third kappa shape index (κ3) is 4.00. The summed E-state index contributed by atoms with van der Waals surface area (Å²) in [7, 11) is 0. The molecule has 0 atom stereocenters. The summed E-state index contributed by atoms with van der Waals surface area (Å²) in [5, 5.41) is 4.95. The summed E-state index contributed by atoms with van der Waals surface area (Å²) in [4.78, 5) is 6.10. The van der Waals surface area contributed by atoms with Crippen molar-refractivity contribution in [3.8, 4) is 0 Å². The summed E-state index contributed by atoms with van der Waals surface area (Å²) in [6.07, 6.45) is 2.01. The van der Waals surface area contributed by atoms with Crippen molar-refractivity contribution < 1.29 is 0 Å². The number of benzene rings is 5. The van der Waals surface area contributed by atoms with Gasteiger partial charge in [0, 0.05) is 22.4 Å². The summed E-state index contributed by atoms with van der Waals surface area (Å²) in [5.74, 6) is 0.960. The molecule has 5 aromatic carbocycles. The van der Waals surface area contributed by atoms with Gasteiger partial charge >= 0.3 is 0 Å². The number of aliphatic imine (C=N–C) groups is 1. The van der Waals surface area contributed by atoms with Gasteiger partial charge in [0.25, 0.3) is 0 Å². The summed E-state index contributed by atoms with van der Waals surface area (Å²) in [5.41, 5.74) is 3.45. The van der Waals surface area contributed by atoms with Crippen molar-refractivity contribution in [2.45, 2.75) is 10.6 Å². The molecule has 0 radical (unpaired) electrons. The maximum atomic E-state index is 4.80. The van der Waals surface area contributed by atoms with E-state index in [2.05, 4.69) is 109 Å². The topological polar surface area (TPSA) is 12.4 Å². The second-order valence-corrected chi connectivity index (χ2v) is 8.31. The first-order chi connectivity index (χ1) is 14.9. The van der Waals surface area contributed by atoms with Crippen molar-refractivity contribution in [3.05, 3.63) is 120 Å². The first-order valence-corrected chi connectivity index (χ1v) is 11.1. The van der Waals surface area contributed by atoms with Gasteiger partial charge in [-0.3, -0.25) is 4.99 Å².